The highest BCUT2D eigenvalue weighted by Gasteiger charge is 2.39. The van der Waals surface area contributed by atoms with Crippen LogP contribution in [0.5, 0.6) is 0 Å². The molecule has 0 amide bonds. The van der Waals surface area contributed by atoms with Crippen molar-refractivity contribution < 1.29 is 30.7 Å². The summed E-state index contributed by atoms with van der Waals surface area (Å²) in [7, 11) is 0. The molecule has 0 aromatic heterocycles. The van der Waals surface area contributed by atoms with Crippen molar-refractivity contribution in [3.05, 3.63) is 77.2 Å². The van der Waals surface area contributed by atoms with Crippen molar-refractivity contribution in [3.8, 4) is 0 Å². The Labute approximate surface area is 207 Å². The molecule has 0 saturated heterocycles. The van der Waals surface area contributed by atoms with E-state index < -0.39 is 35.2 Å². The van der Waals surface area contributed by atoms with Crippen LogP contribution in [-0.2, 0) is 12.4 Å². The first kappa shape index (κ1) is 25.1. The number of hydrazine groups is 1. The van der Waals surface area contributed by atoms with E-state index in [2.05, 4.69) is 20.8 Å². The molecular formula is C25H22F7N5. The van der Waals surface area contributed by atoms with Gasteiger partial charge >= 0.3 is 12.4 Å². The lowest BCUT2D eigenvalue weighted by molar-refractivity contribution is -0.143. The van der Waals surface area contributed by atoms with E-state index in [1.807, 2.05) is 29.3 Å². The predicted octanol–water partition coefficient (Wildman–Crippen LogP) is 5.41. The van der Waals surface area contributed by atoms with E-state index in [9.17, 15) is 30.7 Å². The molecule has 0 fully saturated rings. The molecule has 5 nitrogen and oxygen atoms in total. The molecule has 12 heteroatoms. The largest absolute Gasteiger partial charge is 0.417 e. The van der Waals surface area contributed by atoms with Crippen LogP contribution < -0.4 is 10.9 Å². The van der Waals surface area contributed by atoms with Crippen LogP contribution in [0.3, 0.4) is 0 Å². The molecule has 0 radical (unpaired) electrons. The summed E-state index contributed by atoms with van der Waals surface area (Å²) in [5.41, 5.74) is 3.69. The van der Waals surface area contributed by atoms with E-state index in [1.54, 1.807) is 6.08 Å². The first-order chi connectivity index (χ1) is 17.5. The van der Waals surface area contributed by atoms with Gasteiger partial charge in [-0.1, -0.05) is 18.2 Å². The Kier molecular flexibility index (Phi) is 6.36. The number of hydrogen-bond donors (Lipinski definition) is 2. The second-order valence-electron chi connectivity index (χ2n) is 9.13. The van der Waals surface area contributed by atoms with Crippen LogP contribution in [0.4, 0.5) is 30.7 Å². The maximum absolute atomic E-state index is 14.3. The summed E-state index contributed by atoms with van der Waals surface area (Å²) >= 11 is 0. The molecule has 5 rings (SSSR count). The fourth-order valence-electron chi connectivity index (χ4n) is 4.63. The Balaban J connectivity index is 1.29. The normalized spacial score (nSPS) is 25.5. The number of aliphatic imine (C=N–C) groups is 2. The highest BCUT2D eigenvalue weighted by Crippen LogP contribution is 2.39. The minimum atomic E-state index is -4.97. The van der Waals surface area contributed by atoms with Gasteiger partial charge in [-0.05, 0) is 43.2 Å². The molecule has 3 heterocycles. The van der Waals surface area contributed by atoms with Gasteiger partial charge in [0, 0.05) is 18.3 Å². The molecule has 2 N–H and O–H groups in total. The summed E-state index contributed by atoms with van der Waals surface area (Å²) in [5, 5.41) is 0. The van der Waals surface area contributed by atoms with Crippen molar-refractivity contribution >= 4 is 17.2 Å². The van der Waals surface area contributed by atoms with Crippen molar-refractivity contribution in [3.63, 3.8) is 0 Å². The second kappa shape index (κ2) is 9.38. The first-order valence-electron chi connectivity index (χ1n) is 11.6. The zero-order valence-electron chi connectivity index (χ0n) is 19.2. The minimum Gasteiger partial charge on any atom is -0.369 e. The lowest BCUT2D eigenvalue weighted by atomic mass is 9.91. The molecule has 1 aromatic rings. The van der Waals surface area contributed by atoms with E-state index in [0.717, 1.165) is 11.8 Å². The van der Waals surface area contributed by atoms with Gasteiger partial charge in [-0.25, -0.2) is 9.38 Å². The van der Waals surface area contributed by atoms with Crippen LogP contribution in [0, 0.1) is 5.92 Å². The molecule has 4 aliphatic rings. The fourth-order valence-corrected chi connectivity index (χ4v) is 4.63. The number of rotatable bonds is 4. The van der Waals surface area contributed by atoms with Gasteiger partial charge in [-0.2, -0.15) is 26.3 Å². The summed E-state index contributed by atoms with van der Waals surface area (Å²) in [5.74, 6) is 0.164. The standard InChI is InChI=1S/C25H22F7N5/c26-19-4-2-1-3-17(19)23-33-21-9-10-37(13-22(21)34-23)12-15-6-8-20(36-35-15)16-7-5-14(24(27,28)29)11-18(16)25(30,31)32/h1-2,5-11,17,19,22,35-36H,3-4,12-13H2. The van der Waals surface area contributed by atoms with Gasteiger partial charge < -0.3 is 15.8 Å². The second-order valence-corrected chi connectivity index (χ2v) is 9.13. The molecule has 0 spiro atoms. The monoisotopic (exact) mass is 525 g/mol. The number of halogens is 7. The molecule has 1 aromatic carbocycles. The highest BCUT2D eigenvalue weighted by molar-refractivity contribution is 6.12. The van der Waals surface area contributed by atoms with Crippen LogP contribution in [-0.4, -0.2) is 41.8 Å². The summed E-state index contributed by atoms with van der Waals surface area (Å²) in [6, 6.07) is 1.30. The van der Waals surface area contributed by atoms with Crippen LogP contribution in [0.1, 0.15) is 29.5 Å². The van der Waals surface area contributed by atoms with Gasteiger partial charge in [0.05, 0.1) is 40.7 Å². The number of allylic oxidation sites excluding steroid dienone is 4. The SMILES string of the molecule is FC1CC=CCC1C1=NC2CN(CC3=CC=C(c4ccc(C(F)(F)F)cc4C(F)(F)F)NN3)C=CC2=N1. The molecule has 196 valence electrons. The topological polar surface area (TPSA) is 52.0 Å². The van der Waals surface area contributed by atoms with Crippen molar-refractivity contribution in [1.29, 1.82) is 0 Å². The number of nitrogens with zero attached hydrogens (tertiary/aromatic N) is 3. The Hall–Kier alpha value is -3.57. The molecule has 3 aliphatic heterocycles. The fraction of sp³-hybridized carbons (Fsp3) is 0.360. The summed E-state index contributed by atoms with van der Waals surface area (Å²) in [6.45, 7) is 0.851. The average molecular weight is 525 g/mol. The Morgan fingerprint density at radius 3 is 2.43 bits per heavy atom. The molecule has 37 heavy (non-hydrogen) atoms. The van der Waals surface area contributed by atoms with Gasteiger partial charge in [0.1, 0.15) is 18.0 Å². The third-order valence-corrected chi connectivity index (χ3v) is 6.55. The molecule has 3 atom stereocenters. The molecule has 3 unspecified atom stereocenters. The third kappa shape index (κ3) is 5.28. The van der Waals surface area contributed by atoms with E-state index in [4.69, 9.17) is 0 Å². The van der Waals surface area contributed by atoms with Crippen LogP contribution in [0.25, 0.3) is 5.70 Å². The lowest BCUT2D eigenvalue weighted by Gasteiger charge is -2.29. The molecule has 0 saturated carbocycles. The number of hydrogen-bond acceptors (Lipinski definition) is 5. The first-order valence-corrected chi connectivity index (χ1v) is 11.6. The number of fused-ring (bicyclic) bond motifs is 1. The van der Waals surface area contributed by atoms with Crippen molar-refractivity contribution in [2.45, 2.75) is 37.4 Å². The minimum absolute atomic E-state index is 0.0132. The van der Waals surface area contributed by atoms with Gasteiger partial charge in [0.2, 0.25) is 0 Å². The summed E-state index contributed by atoms with van der Waals surface area (Å²) in [6.07, 6.45) is 0.356. The average Bonchev–Trinajstić information content (AvgIpc) is 3.26. The maximum atomic E-state index is 14.3. The van der Waals surface area contributed by atoms with Crippen LogP contribution in [0.2, 0.25) is 0 Å². The number of alkyl halides is 7. The van der Waals surface area contributed by atoms with Gasteiger partial charge in [-0.15, -0.1) is 0 Å². The maximum Gasteiger partial charge on any atom is 0.417 e. The molecule has 1 aliphatic carbocycles. The van der Waals surface area contributed by atoms with Crippen LogP contribution in [0.15, 0.2) is 70.5 Å². The zero-order valence-corrected chi connectivity index (χ0v) is 19.2. The van der Waals surface area contributed by atoms with Gasteiger partial charge in [0.15, 0.2) is 0 Å². The van der Waals surface area contributed by atoms with E-state index >= 15 is 0 Å². The van der Waals surface area contributed by atoms with Gasteiger partial charge in [-0.3, -0.25) is 4.99 Å². The lowest BCUT2D eigenvalue weighted by Crippen LogP contribution is -2.41. The molecular weight excluding hydrogens is 503 g/mol. The number of nitrogens with one attached hydrogen (secondary N) is 2. The Morgan fingerprint density at radius 1 is 0.973 bits per heavy atom. The van der Waals surface area contributed by atoms with Crippen molar-refractivity contribution in [2.75, 3.05) is 13.1 Å². The summed E-state index contributed by atoms with van der Waals surface area (Å²) in [4.78, 5) is 11.1. The van der Waals surface area contributed by atoms with E-state index in [-0.39, 0.29) is 23.7 Å². The number of amidine groups is 1. The third-order valence-electron chi connectivity index (χ3n) is 6.55. The molecule has 0 bridgehead atoms. The van der Waals surface area contributed by atoms with E-state index in [1.165, 1.54) is 6.08 Å². The zero-order chi connectivity index (χ0) is 26.4. The highest BCUT2D eigenvalue weighted by atomic mass is 19.4. The quantitative estimate of drug-likeness (QED) is 0.408. The van der Waals surface area contributed by atoms with E-state index in [0.29, 0.717) is 43.5 Å². The predicted molar refractivity (Wildman–Crippen MR) is 125 cm³/mol. The van der Waals surface area contributed by atoms with Gasteiger partial charge in [0.25, 0.3) is 0 Å². The summed E-state index contributed by atoms with van der Waals surface area (Å²) < 4.78 is 93.7. The van der Waals surface area contributed by atoms with Crippen molar-refractivity contribution in [1.82, 2.24) is 15.8 Å². The Morgan fingerprint density at radius 2 is 1.76 bits per heavy atom. The van der Waals surface area contributed by atoms with Crippen molar-refractivity contribution in [2.24, 2.45) is 15.9 Å². The Bertz CT molecular complexity index is 1250. The van der Waals surface area contributed by atoms with Crippen LogP contribution >= 0.6 is 0 Å². The smallest absolute Gasteiger partial charge is 0.369 e. The number of benzene rings is 1.